The summed E-state index contributed by atoms with van der Waals surface area (Å²) in [7, 11) is 0. The quantitative estimate of drug-likeness (QED) is 0.827. The minimum atomic E-state index is 0.105. The van der Waals surface area contributed by atoms with Crippen molar-refractivity contribution in [3.05, 3.63) is 54.5 Å². The van der Waals surface area contributed by atoms with E-state index in [2.05, 4.69) is 14.9 Å². The lowest BCUT2D eigenvalue weighted by Crippen LogP contribution is -2.49. The lowest BCUT2D eigenvalue weighted by atomic mass is 10.2. The Morgan fingerprint density at radius 1 is 1.00 bits per heavy atom. The number of anilines is 1. The van der Waals surface area contributed by atoms with Gasteiger partial charge >= 0.3 is 0 Å². The molecular weight excluding hydrogens is 252 g/mol. The van der Waals surface area contributed by atoms with Crippen LogP contribution in [0.4, 0.5) is 5.82 Å². The third kappa shape index (κ3) is 2.61. The van der Waals surface area contributed by atoms with Crippen molar-refractivity contribution < 1.29 is 4.79 Å². The Morgan fingerprint density at radius 2 is 1.75 bits per heavy atom. The van der Waals surface area contributed by atoms with Crippen LogP contribution in [0.5, 0.6) is 0 Å². The predicted octanol–water partition coefficient (Wildman–Crippen LogP) is 1.44. The van der Waals surface area contributed by atoms with Crippen molar-refractivity contribution in [3.8, 4) is 0 Å². The summed E-state index contributed by atoms with van der Waals surface area (Å²) in [5.41, 5.74) is 0.753. The third-order valence-corrected chi connectivity index (χ3v) is 3.48. The SMILES string of the molecule is O=C(c1ccccc1)N1CCN(c2ccncn2)CC1. The second kappa shape index (κ2) is 5.69. The maximum atomic E-state index is 12.3. The number of carbonyl (C=O) groups is 1. The Hall–Kier alpha value is -2.43. The van der Waals surface area contributed by atoms with Gasteiger partial charge in [0.25, 0.3) is 5.91 Å². The van der Waals surface area contributed by atoms with Gasteiger partial charge < -0.3 is 9.80 Å². The van der Waals surface area contributed by atoms with Crippen LogP contribution in [0.3, 0.4) is 0 Å². The van der Waals surface area contributed by atoms with Gasteiger partial charge in [-0.1, -0.05) is 18.2 Å². The molecule has 3 rings (SSSR count). The molecule has 2 aromatic rings. The number of piperazine rings is 1. The molecule has 0 N–H and O–H groups in total. The fourth-order valence-electron chi connectivity index (χ4n) is 2.37. The minimum absolute atomic E-state index is 0.105. The van der Waals surface area contributed by atoms with E-state index in [1.165, 1.54) is 0 Å². The van der Waals surface area contributed by atoms with Crippen LogP contribution in [0.15, 0.2) is 48.9 Å². The van der Waals surface area contributed by atoms with Crippen molar-refractivity contribution in [1.29, 1.82) is 0 Å². The standard InChI is InChI=1S/C15H16N4O/c20-15(13-4-2-1-3-5-13)19-10-8-18(9-11-19)14-6-7-16-12-17-14/h1-7,12H,8-11H2. The van der Waals surface area contributed by atoms with E-state index in [4.69, 9.17) is 0 Å². The first kappa shape index (κ1) is 12.6. The highest BCUT2D eigenvalue weighted by atomic mass is 16.2. The Morgan fingerprint density at radius 3 is 2.40 bits per heavy atom. The van der Waals surface area contributed by atoms with E-state index in [0.717, 1.165) is 37.6 Å². The molecule has 5 heteroatoms. The van der Waals surface area contributed by atoms with Gasteiger partial charge in [0, 0.05) is 37.9 Å². The molecule has 20 heavy (non-hydrogen) atoms. The van der Waals surface area contributed by atoms with Crippen LogP contribution in [0.25, 0.3) is 0 Å². The molecule has 1 saturated heterocycles. The van der Waals surface area contributed by atoms with Crippen LogP contribution in [0.2, 0.25) is 0 Å². The fourth-order valence-corrected chi connectivity index (χ4v) is 2.37. The molecule has 0 unspecified atom stereocenters. The van der Waals surface area contributed by atoms with Gasteiger partial charge in [0.2, 0.25) is 0 Å². The Balaban J connectivity index is 1.63. The number of rotatable bonds is 2. The molecule has 0 atom stereocenters. The first-order valence-corrected chi connectivity index (χ1v) is 6.70. The van der Waals surface area contributed by atoms with E-state index in [0.29, 0.717) is 0 Å². The predicted molar refractivity (Wildman–Crippen MR) is 76.6 cm³/mol. The summed E-state index contributed by atoms with van der Waals surface area (Å²) in [6.07, 6.45) is 3.29. The lowest BCUT2D eigenvalue weighted by Gasteiger charge is -2.35. The van der Waals surface area contributed by atoms with E-state index >= 15 is 0 Å². The average Bonchev–Trinajstić information content (AvgIpc) is 2.56. The van der Waals surface area contributed by atoms with Crippen molar-refractivity contribution >= 4 is 11.7 Å². The lowest BCUT2D eigenvalue weighted by molar-refractivity contribution is 0.0746. The van der Waals surface area contributed by atoms with Crippen LogP contribution < -0.4 is 4.90 Å². The Kier molecular flexibility index (Phi) is 3.58. The van der Waals surface area contributed by atoms with Crippen LogP contribution in [-0.2, 0) is 0 Å². The monoisotopic (exact) mass is 268 g/mol. The zero-order valence-corrected chi connectivity index (χ0v) is 11.1. The van der Waals surface area contributed by atoms with E-state index < -0.39 is 0 Å². The van der Waals surface area contributed by atoms with E-state index in [-0.39, 0.29) is 5.91 Å². The molecule has 1 aromatic heterocycles. The maximum Gasteiger partial charge on any atom is 0.253 e. The van der Waals surface area contributed by atoms with Crippen molar-refractivity contribution in [2.24, 2.45) is 0 Å². The van der Waals surface area contributed by atoms with Gasteiger partial charge in [-0.2, -0.15) is 0 Å². The third-order valence-electron chi connectivity index (χ3n) is 3.48. The summed E-state index contributed by atoms with van der Waals surface area (Å²) in [5, 5.41) is 0. The normalized spacial score (nSPS) is 15.2. The van der Waals surface area contributed by atoms with Crippen molar-refractivity contribution in [2.45, 2.75) is 0 Å². The molecule has 1 fully saturated rings. The largest absolute Gasteiger partial charge is 0.353 e. The topological polar surface area (TPSA) is 49.3 Å². The first-order chi connectivity index (χ1) is 9.84. The van der Waals surface area contributed by atoms with Crippen molar-refractivity contribution in [1.82, 2.24) is 14.9 Å². The summed E-state index contributed by atoms with van der Waals surface area (Å²) >= 11 is 0. The van der Waals surface area contributed by atoms with Crippen LogP contribution in [-0.4, -0.2) is 47.0 Å². The maximum absolute atomic E-state index is 12.3. The second-order valence-corrected chi connectivity index (χ2v) is 4.71. The van der Waals surface area contributed by atoms with Gasteiger partial charge in [-0.05, 0) is 18.2 Å². The number of hydrogen-bond acceptors (Lipinski definition) is 4. The molecule has 5 nitrogen and oxygen atoms in total. The molecule has 0 saturated carbocycles. The molecule has 1 amide bonds. The van der Waals surface area contributed by atoms with Gasteiger partial charge in [-0.3, -0.25) is 4.79 Å². The molecule has 0 aliphatic carbocycles. The smallest absolute Gasteiger partial charge is 0.253 e. The zero-order chi connectivity index (χ0) is 13.8. The highest BCUT2D eigenvalue weighted by molar-refractivity contribution is 5.94. The van der Waals surface area contributed by atoms with Gasteiger partial charge in [0.05, 0.1) is 0 Å². The number of nitrogens with zero attached hydrogens (tertiary/aromatic N) is 4. The number of aromatic nitrogens is 2. The molecule has 0 spiro atoms. The van der Waals surface area contributed by atoms with Gasteiger partial charge in [0.15, 0.2) is 0 Å². The van der Waals surface area contributed by atoms with Crippen molar-refractivity contribution in [2.75, 3.05) is 31.1 Å². The fraction of sp³-hybridized carbons (Fsp3) is 0.267. The molecule has 102 valence electrons. The summed E-state index contributed by atoms with van der Waals surface area (Å²) in [6.45, 7) is 3.04. The molecule has 2 heterocycles. The summed E-state index contributed by atoms with van der Waals surface area (Å²) in [5.74, 6) is 1.03. The van der Waals surface area contributed by atoms with Gasteiger partial charge in [0.1, 0.15) is 12.1 Å². The molecule has 0 bridgehead atoms. The number of hydrogen-bond donors (Lipinski definition) is 0. The Bertz CT molecular complexity index is 565. The number of amides is 1. The molecule has 1 aromatic carbocycles. The molecule has 0 radical (unpaired) electrons. The van der Waals surface area contributed by atoms with E-state index in [1.807, 2.05) is 41.3 Å². The Labute approximate surface area is 117 Å². The summed E-state index contributed by atoms with van der Waals surface area (Å²) in [4.78, 5) is 24.6. The number of benzene rings is 1. The van der Waals surface area contributed by atoms with Crippen molar-refractivity contribution in [3.63, 3.8) is 0 Å². The first-order valence-electron chi connectivity index (χ1n) is 6.70. The minimum Gasteiger partial charge on any atom is -0.353 e. The molecule has 1 aliphatic heterocycles. The highest BCUT2D eigenvalue weighted by Crippen LogP contribution is 2.13. The van der Waals surface area contributed by atoms with Crippen LogP contribution in [0.1, 0.15) is 10.4 Å². The average molecular weight is 268 g/mol. The summed E-state index contributed by atoms with van der Waals surface area (Å²) < 4.78 is 0. The zero-order valence-electron chi connectivity index (χ0n) is 11.1. The number of carbonyl (C=O) groups excluding carboxylic acids is 1. The van der Waals surface area contributed by atoms with Gasteiger partial charge in [-0.15, -0.1) is 0 Å². The highest BCUT2D eigenvalue weighted by Gasteiger charge is 2.22. The van der Waals surface area contributed by atoms with Gasteiger partial charge in [-0.25, -0.2) is 9.97 Å². The van der Waals surface area contributed by atoms with E-state index in [9.17, 15) is 4.79 Å². The second-order valence-electron chi connectivity index (χ2n) is 4.71. The van der Waals surface area contributed by atoms with Crippen LogP contribution in [0, 0.1) is 0 Å². The molecular formula is C15H16N4O. The van der Waals surface area contributed by atoms with E-state index in [1.54, 1.807) is 12.5 Å². The van der Waals surface area contributed by atoms with Crippen LogP contribution >= 0.6 is 0 Å². The molecule has 1 aliphatic rings. The summed E-state index contributed by atoms with van der Waals surface area (Å²) in [6, 6.07) is 11.3.